The Balaban J connectivity index is 2.13. The number of hydrogen-bond acceptors (Lipinski definition) is 3. The van der Waals surface area contributed by atoms with E-state index < -0.39 is 12.0 Å². The summed E-state index contributed by atoms with van der Waals surface area (Å²) in [6.45, 7) is 4.02. The normalized spacial score (nSPS) is 12.6. The molecule has 2 aromatic carbocycles. The van der Waals surface area contributed by atoms with E-state index in [1.165, 1.54) is 0 Å². The first kappa shape index (κ1) is 14.3. The molecule has 4 nitrogen and oxygen atoms in total. The average Bonchev–Trinajstić information content (AvgIpc) is 2.42. The Morgan fingerprint density at radius 3 is 2.55 bits per heavy atom. The number of nitrogens with one attached hydrogen (secondary N) is 2. The fourth-order valence-electron chi connectivity index (χ4n) is 2.19. The van der Waals surface area contributed by atoms with Gasteiger partial charge in [-0.3, -0.25) is 4.79 Å². The number of carbonyl (C=O) groups is 1. The molecule has 0 saturated carbocycles. The van der Waals surface area contributed by atoms with Gasteiger partial charge in [0.2, 0.25) is 0 Å². The van der Waals surface area contributed by atoms with Gasteiger partial charge in [-0.25, -0.2) is 5.43 Å². The highest BCUT2D eigenvalue weighted by molar-refractivity contribution is 5.93. The Bertz CT molecular complexity index is 591. The standard InChI is InChI=1S/C16H20N2O2/c1-11(2)10-15(16(19)20)18-17-14-9-5-7-12-6-3-4-8-13(12)14/h3-9,11,15,17-18H,10H2,1-2H3,(H,19,20)/t15-/m0/s1. The molecule has 2 aromatic rings. The van der Waals surface area contributed by atoms with Crippen molar-refractivity contribution >= 4 is 22.4 Å². The third-order valence-electron chi connectivity index (χ3n) is 3.18. The fourth-order valence-corrected chi connectivity index (χ4v) is 2.19. The summed E-state index contributed by atoms with van der Waals surface area (Å²) in [5, 5.41) is 11.4. The molecule has 106 valence electrons. The molecular weight excluding hydrogens is 252 g/mol. The van der Waals surface area contributed by atoms with E-state index in [-0.39, 0.29) is 0 Å². The number of benzene rings is 2. The third-order valence-corrected chi connectivity index (χ3v) is 3.18. The molecular formula is C16H20N2O2. The number of carboxylic acid groups (broad SMARTS) is 1. The van der Waals surface area contributed by atoms with E-state index in [1.807, 2.05) is 56.3 Å². The number of aliphatic carboxylic acids is 1. The van der Waals surface area contributed by atoms with Crippen LogP contribution in [0.2, 0.25) is 0 Å². The summed E-state index contributed by atoms with van der Waals surface area (Å²) in [5.41, 5.74) is 6.84. The summed E-state index contributed by atoms with van der Waals surface area (Å²) in [6, 6.07) is 13.3. The molecule has 0 heterocycles. The van der Waals surface area contributed by atoms with Crippen LogP contribution in [0.3, 0.4) is 0 Å². The van der Waals surface area contributed by atoms with Crippen LogP contribution in [0.4, 0.5) is 5.69 Å². The maximum absolute atomic E-state index is 11.2. The van der Waals surface area contributed by atoms with Gasteiger partial charge in [0.1, 0.15) is 6.04 Å². The first-order valence-electron chi connectivity index (χ1n) is 6.80. The Hall–Kier alpha value is -2.07. The Labute approximate surface area is 118 Å². The molecule has 0 aliphatic heterocycles. The molecule has 0 bridgehead atoms. The highest BCUT2D eigenvalue weighted by atomic mass is 16.4. The molecule has 0 aromatic heterocycles. The number of carboxylic acids is 1. The minimum Gasteiger partial charge on any atom is -0.480 e. The fraction of sp³-hybridized carbons (Fsp3) is 0.312. The van der Waals surface area contributed by atoms with Crippen molar-refractivity contribution in [3.8, 4) is 0 Å². The van der Waals surface area contributed by atoms with E-state index >= 15 is 0 Å². The quantitative estimate of drug-likeness (QED) is 0.706. The van der Waals surface area contributed by atoms with Crippen LogP contribution in [0.15, 0.2) is 42.5 Å². The lowest BCUT2D eigenvalue weighted by Crippen LogP contribution is -2.41. The van der Waals surface area contributed by atoms with E-state index in [1.54, 1.807) is 0 Å². The van der Waals surface area contributed by atoms with Crippen molar-refractivity contribution in [2.24, 2.45) is 5.92 Å². The van der Waals surface area contributed by atoms with Crippen LogP contribution in [0.5, 0.6) is 0 Å². The summed E-state index contributed by atoms with van der Waals surface area (Å²) in [4.78, 5) is 11.2. The number of hydrogen-bond donors (Lipinski definition) is 3. The predicted molar refractivity (Wildman–Crippen MR) is 81.6 cm³/mol. The number of hydrazine groups is 1. The smallest absolute Gasteiger partial charge is 0.322 e. The molecule has 0 saturated heterocycles. The van der Waals surface area contributed by atoms with Gasteiger partial charge in [-0.2, -0.15) is 0 Å². The summed E-state index contributed by atoms with van der Waals surface area (Å²) >= 11 is 0. The van der Waals surface area contributed by atoms with Gasteiger partial charge in [-0.05, 0) is 23.8 Å². The first-order valence-corrected chi connectivity index (χ1v) is 6.80. The van der Waals surface area contributed by atoms with Crippen molar-refractivity contribution in [1.29, 1.82) is 0 Å². The van der Waals surface area contributed by atoms with Gasteiger partial charge < -0.3 is 10.5 Å². The van der Waals surface area contributed by atoms with Crippen molar-refractivity contribution in [3.05, 3.63) is 42.5 Å². The van der Waals surface area contributed by atoms with Crippen LogP contribution in [0, 0.1) is 5.92 Å². The van der Waals surface area contributed by atoms with E-state index in [2.05, 4.69) is 10.9 Å². The third kappa shape index (κ3) is 3.48. The Kier molecular flexibility index (Phi) is 4.58. The molecule has 0 fully saturated rings. The van der Waals surface area contributed by atoms with E-state index in [9.17, 15) is 9.90 Å². The molecule has 0 radical (unpaired) electrons. The minimum absolute atomic E-state index is 0.318. The highest BCUT2D eigenvalue weighted by Gasteiger charge is 2.18. The molecule has 4 heteroatoms. The second-order valence-corrected chi connectivity index (χ2v) is 5.32. The lowest BCUT2D eigenvalue weighted by atomic mass is 10.0. The van der Waals surface area contributed by atoms with Crippen molar-refractivity contribution in [2.45, 2.75) is 26.3 Å². The summed E-state index contributed by atoms with van der Waals surface area (Å²) in [6.07, 6.45) is 0.576. The lowest BCUT2D eigenvalue weighted by Gasteiger charge is -2.18. The van der Waals surface area contributed by atoms with Crippen molar-refractivity contribution < 1.29 is 9.90 Å². The zero-order chi connectivity index (χ0) is 14.5. The van der Waals surface area contributed by atoms with Crippen LogP contribution in [-0.4, -0.2) is 17.1 Å². The van der Waals surface area contributed by atoms with Gasteiger partial charge in [0.25, 0.3) is 0 Å². The molecule has 20 heavy (non-hydrogen) atoms. The summed E-state index contributed by atoms with van der Waals surface area (Å²) in [5.74, 6) is -0.524. The van der Waals surface area contributed by atoms with Crippen LogP contribution >= 0.6 is 0 Å². The number of fused-ring (bicyclic) bond motifs is 1. The molecule has 2 rings (SSSR count). The lowest BCUT2D eigenvalue weighted by molar-refractivity contribution is -0.139. The molecule has 0 spiro atoms. The topological polar surface area (TPSA) is 61.4 Å². The molecule has 0 aliphatic rings. The van der Waals surface area contributed by atoms with Gasteiger partial charge in [-0.15, -0.1) is 0 Å². The van der Waals surface area contributed by atoms with Crippen molar-refractivity contribution in [1.82, 2.24) is 5.43 Å². The van der Waals surface area contributed by atoms with Crippen LogP contribution in [0.25, 0.3) is 10.8 Å². The second kappa shape index (κ2) is 6.39. The average molecular weight is 272 g/mol. The monoisotopic (exact) mass is 272 g/mol. The highest BCUT2D eigenvalue weighted by Crippen LogP contribution is 2.22. The van der Waals surface area contributed by atoms with Crippen LogP contribution in [0.1, 0.15) is 20.3 Å². The van der Waals surface area contributed by atoms with Gasteiger partial charge in [-0.1, -0.05) is 50.2 Å². The summed E-state index contributed by atoms with van der Waals surface area (Å²) < 4.78 is 0. The van der Waals surface area contributed by atoms with Gasteiger partial charge in [0, 0.05) is 5.39 Å². The molecule has 1 atom stereocenters. The van der Waals surface area contributed by atoms with Crippen LogP contribution in [-0.2, 0) is 4.79 Å². The predicted octanol–water partition coefficient (Wildman–Crippen LogP) is 3.26. The molecule has 0 amide bonds. The Morgan fingerprint density at radius 2 is 1.85 bits per heavy atom. The summed E-state index contributed by atoms with van der Waals surface area (Å²) in [7, 11) is 0. The van der Waals surface area contributed by atoms with Crippen molar-refractivity contribution in [3.63, 3.8) is 0 Å². The zero-order valence-corrected chi connectivity index (χ0v) is 11.8. The van der Waals surface area contributed by atoms with E-state index in [0.717, 1.165) is 16.5 Å². The second-order valence-electron chi connectivity index (χ2n) is 5.32. The van der Waals surface area contributed by atoms with Gasteiger partial charge in [0.05, 0.1) is 5.69 Å². The first-order chi connectivity index (χ1) is 9.58. The minimum atomic E-state index is -0.841. The maximum Gasteiger partial charge on any atom is 0.322 e. The molecule has 3 N–H and O–H groups in total. The number of rotatable bonds is 6. The van der Waals surface area contributed by atoms with Gasteiger partial charge >= 0.3 is 5.97 Å². The van der Waals surface area contributed by atoms with Crippen LogP contribution < -0.4 is 10.9 Å². The van der Waals surface area contributed by atoms with E-state index in [0.29, 0.717) is 12.3 Å². The number of anilines is 1. The molecule has 0 unspecified atom stereocenters. The largest absolute Gasteiger partial charge is 0.480 e. The van der Waals surface area contributed by atoms with Crippen molar-refractivity contribution in [2.75, 3.05) is 5.43 Å². The SMILES string of the molecule is CC(C)C[C@H](NNc1cccc2ccccc12)C(=O)O. The Morgan fingerprint density at radius 1 is 1.15 bits per heavy atom. The zero-order valence-electron chi connectivity index (χ0n) is 11.8. The van der Waals surface area contributed by atoms with E-state index in [4.69, 9.17) is 0 Å². The maximum atomic E-state index is 11.2. The van der Waals surface area contributed by atoms with Gasteiger partial charge in [0.15, 0.2) is 0 Å². The molecule has 0 aliphatic carbocycles.